The SMILES string of the molecule is COc1cc(N(C)CCN(C)C)c([N+](=O)[O-])cc1Nc1ncc(Cl)c(Nc2ccc3ccccc3c2)n1. The van der Waals surface area contributed by atoms with Gasteiger partial charge in [-0.15, -0.1) is 0 Å². The Morgan fingerprint density at radius 2 is 1.78 bits per heavy atom. The Hall–Kier alpha value is -4.15. The second kappa shape index (κ2) is 11.3. The van der Waals surface area contributed by atoms with E-state index in [1.807, 2.05) is 73.4 Å². The summed E-state index contributed by atoms with van der Waals surface area (Å²) in [6.45, 7) is 1.34. The quantitative estimate of drug-likeness (QED) is 0.201. The third-order valence-corrected chi connectivity index (χ3v) is 6.07. The van der Waals surface area contributed by atoms with Crippen LogP contribution in [0.4, 0.5) is 34.5 Å². The number of ether oxygens (including phenoxy) is 1. The van der Waals surface area contributed by atoms with Gasteiger partial charge in [0.15, 0.2) is 5.82 Å². The van der Waals surface area contributed by atoms with E-state index >= 15 is 0 Å². The van der Waals surface area contributed by atoms with Gasteiger partial charge in [-0.2, -0.15) is 4.98 Å². The summed E-state index contributed by atoms with van der Waals surface area (Å²) in [5.74, 6) is 1.01. The van der Waals surface area contributed by atoms with Crippen LogP contribution >= 0.6 is 11.6 Å². The van der Waals surface area contributed by atoms with Crippen molar-refractivity contribution in [2.45, 2.75) is 0 Å². The topological polar surface area (TPSA) is 109 Å². The first-order chi connectivity index (χ1) is 17.7. The Bertz CT molecular complexity index is 1430. The van der Waals surface area contributed by atoms with Gasteiger partial charge >= 0.3 is 0 Å². The minimum atomic E-state index is -0.415. The number of likely N-dealkylation sites (N-methyl/N-ethyl adjacent to an activating group) is 2. The van der Waals surface area contributed by atoms with Crippen LogP contribution in [0.15, 0.2) is 60.8 Å². The molecule has 0 atom stereocenters. The van der Waals surface area contributed by atoms with Gasteiger partial charge in [-0.25, -0.2) is 4.98 Å². The highest BCUT2D eigenvalue weighted by Gasteiger charge is 2.22. The molecule has 0 bridgehead atoms. The number of benzene rings is 3. The zero-order valence-corrected chi connectivity index (χ0v) is 21.8. The lowest BCUT2D eigenvalue weighted by Crippen LogP contribution is -2.28. The van der Waals surface area contributed by atoms with Crippen LogP contribution in [-0.2, 0) is 0 Å². The fourth-order valence-corrected chi connectivity index (χ4v) is 3.92. The van der Waals surface area contributed by atoms with Crippen molar-refractivity contribution < 1.29 is 9.66 Å². The molecule has 3 aromatic carbocycles. The van der Waals surface area contributed by atoms with Gasteiger partial charge in [0.2, 0.25) is 5.95 Å². The van der Waals surface area contributed by atoms with Crippen molar-refractivity contribution >= 4 is 56.9 Å². The van der Waals surface area contributed by atoms with E-state index in [1.165, 1.54) is 19.4 Å². The summed E-state index contributed by atoms with van der Waals surface area (Å²) < 4.78 is 5.54. The van der Waals surface area contributed by atoms with Gasteiger partial charge in [0.25, 0.3) is 5.69 Å². The summed E-state index contributed by atoms with van der Waals surface area (Å²) in [6, 6.07) is 17.0. The summed E-state index contributed by atoms with van der Waals surface area (Å²) in [6.07, 6.45) is 1.46. The maximum Gasteiger partial charge on any atom is 0.294 e. The standard InChI is InChI=1S/C26H28ClN7O3/c1-32(2)11-12-33(3)22-15-24(37-4)21(14-23(22)34(35)36)30-26-28-16-20(27)25(31-26)29-19-10-9-17-7-5-6-8-18(17)13-19/h5-10,13-16H,11-12H2,1-4H3,(H2,28,29,30,31). The van der Waals surface area contributed by atoms with Crippen LogP contribution < -0.4 is 20.3 Å². The van der Waals surface area contributed by atoms with Gasteiger partial charge in [0.05, 0.1) is 23.9 Å². The third-order valence-electron chi connectivity index (χ3n) is 5.79. The average Bonchev–Trinajstić information content (AvgIpc) is 2.88. The number of hydrogen-bond donors (Lipinski definition) is 2. The molecule has 0 aliphatic rings. The van der Waals surface area contributed by atoms with Crippen molar-refractivity contribution in [3.05, 3.63) is 75.9 Å². The summed E-state index contributed by atoms with van der Waals surface area (Å²) in [5.41, 5.74) is 1.56. The van der Waals surface area contributed by atoms with Crippen molar-refractivity contribution in [1.82, 2.24) is 14.9 Å². The van der Waals surface area contributed by atoms with E-state index in [1.54, 1.807) is 6.07 Å². The first kappa shape index (κ1) is 25.9. The monoisotopic (exact) mass is 521 g/mol. The smallest absolute Gasteiger partial charge is 0.294 e. The van der Waals surface area contributed by atoms with Crippen LogP contribution in [0, 0.1) is 10.1 Å². The van der Waals surface area contributed by atoms with E-state index in [-0.39, 0.29) is 11.6 Å². The van der Waals surface area contributed by atoms with Crippen LogP contribution in [0.5, 0.6) is 5.75 Å². The molecule has 11 heteroatoms. The molecule has 1 aromatic heterocycles. The fraction of sp³-hybridized carbons (Fsp3) is 0.231. The Morgan fingerprint density at radius 3 is 2.49 bits per heavy atom. The molecule has 0 saturated carbocycles. The molecule has 0 saturated heterocycles. The normalized spacial score (nSPS) is 11.0. The van der Waals surface area contributed by atoms with E-state index in [9.17, 15) is 10.1 Å². The minimum Gasteiger partial charge on any atom is -0.494 e. The number of nitro benzene ring substituents is 1. The molecular weight excluding hydrogens is 494 g/mol. The van der Waals surface area contributed by atoms with Crippen LogP contribution in [0.2, 0.25) is 5.02 Å². The van der Waals surface area contributed by atoms with E-state index in [0.29, 0.717) is 34.5 Å². The summed E-state index contributed by atoms with van der Waals surface area (Å²) in [5, 5.41) is 20.7. The zero-order valence-electron chi connectivity index (χ0n) is 21.0. The molecule has 10 nitrogen and oxygen atoms in total. The number of hydrogen-bond acceptors (Lipinski definition) is 9. The highest BCUT2D eigenvalue weighted by Crippen LogP contribution is 2.39. The number of aromatic nitrogens is 2. The highest BCUT2D eigenvalue weighted by molar-refractivity contribution is 6.32. The van der Waals surface area contributed by atoms with E-state index < -0.39 is 4.92 Å². The number of nitrogens with zero attached hydrogens (tertiary/aromatic N) is 5. The molecule has 0 aliphatic carbocycles. The second-order valence-corrected chi connectivity index (χ2v) is 9.13. The molecule has 1 heterocycles. The Labute approximate surface area is 220 Å². The molecule has 0 spiro atoms. The molecule has 0 fully saturated rings. The van der Waals surface area contributed by atoms with Crippen molar-refractivity contribution in [2.24, 2.45) is 0 Å². The Morgan fingerprint density at radius 1 is 1.03 bits per heavy atom. The van der Waals surface area contributed by atoms with Crippen molar-refractivity contribution in [2.75, 3.05) is 56.9 Å². The first-order valence-corrected chi connectivity index (χ1v) is 11.9. The molecule has 4 aromatic rings. The number of anilines is 5. The molecule has 0 amide bonds. The number of fused-ring (bicyclic) bond motifs is 1. The zero-order chi connectivity index (χ0) is 26.5. The van der Waals surface area contributed by atoms with Crippen LogP contribution in [0.3, 0.4) is 0 Å². The van der Waals surface area contributed by atoms with Gasteiger partial charge in [0, 0.05) is 38.0 Å². The molecule has 4 rings (SSSR count). The molecule has 37 heavy (non-hydrogen) atoms. The maximum atomic E-state index is 11.9. The van der Waals surface area contributed by atoms with Gasteiger partial charge in [-0.1, -0.05) is 41.9 Å². The molecule has 0 radical (unpaired) electrons. The van der Waals surface area contributed by atoms with Crippen molar-refractivity contribution in [3.63, 3.8) is 0 Å². The lowest BCUT2D eigenvalue weighted by molar-refractivity contribution is -0.384. The minimum absolute atomic E-state index is 0.0620. The highest BCUT2D eigenvalue weighted by atomic mass is 35.5. The van der Waals surface area contributed by atoms with Gasteiger partial charge in [0.1, 0.15) is 16.5 Å². The largest absolute Gasteiger partial charge is 0.494 e. The number of rotatable bonds is 10. The maximum absolute atomic E-state index is 11.9. The fourth-order valence-electron chi connectivity index (χ4n) is 3.79. The number of halogens is 1. The van der Waals surface area contributed by atoms with Gasteiger partial charge < -0.3 is 25.2 Å². The van der Waals surface area contributed by atoms with Crippen LogP contribution in [0.1, 0.15) is 0 Å². The third kappa shape index (κ3) is 6.16. The molecule has 192 valence electrons. The van der Waals surface area contributed by atoms with Crippen LogP contribution in [-0.4, -0.2) is 61.1 Å². The van der Waals surface area contributed by atoms with E-state index in [2.05, 4.69) is 20.6 Å². The number of methoxy groups -OCH3 is 1. The molecule has 0 aliphatic heterocycles. The lowest BCUT2D eigenvalue weighted by Gasteiger charge is -2.22. The van der Waals surface area contributed by atoms with Gasteiger partial charge in [-0.3, -0.25) is 10.1 Å². The van der Waals surface area contributed by atoms with Crippen molar-refractivity contribution in [3.8, 4) is 5.75 Å². The Kier molecular flexibility index (Phi) is 7.90. The van der Waals surface area contributed by atoms with E-state index in [0.717, 1.165) is 23.0 Å². The number of nitrogens with one attached hydrogen (secondary N) is 2. The first-order valence-electron chi connectivity index (χ1n) is 11.5. The molecule has 0 unspecified atom stereocenters. The summed E-state index contributed by atoms with van der Waals surface area (Å²) >= 11 is 6.36. The van der Waals surface area contributed by atoms with Crippen molar-refractivity contribution in [1.29, 1.82) is 0 Å². The lowest BCUT2D eigenvalue weighted by atomic mass is 10.1. The predicted octanol–water partition coefficient (Wildman–Crippen LogP) is 5.69. The predicted molar refractivity (Wildman–Crippen MR) is 149 cm³/mol. The summed E-state index contributed by atoms with van der Waals surface area (Å²) in [7, 11) is 7.22. The molecular formula is C26H28ClN7O3. The van der Waals surface area contributed by atoms with E-state index in [4.69, 9.17) is 16.3 Å². The second-order valence-electron chi connectivity index (χ2n) is 8.73. The molecule has 2 N–H and O–H groups in total. The van der Waals surface area contributed by atoms with Crippen LogP contribution in [0.25, 0.3) is 10.8 Å². The Balaban J connectivity index is 1.62. The summed E-state index contributed by atoms with van der Waals surface area (Å²) in [4.78, 5) is 24.1. The average molecular weight is 522 g/mol. The number of nitro groups is 1. The van der Waals surface area contributed by atoms with Gasteiger partial charge in [-0.05, 0) is 37.0 Å².